The number of nitrogens with one attached hydrogen (secondary N) is 1. The van der Waals surface area contributed by atoms with Crippen molar-refractivity contribution in [1.29, 1.82) is 0 Å². The highest BCUT2D eigenvalue weighted by atomic mass is 32.2. The molecular weight excluding hydrogens is 346 g/mol. The van der Waals surface area contributed by atoms with Crippen molar-refractivity contribution in [2.24, 2.45) is 5.41 Å². The first-order valence-electron chi connectivity index (χ1n) is 8.14. The van der Waals surface area contributed by atoms with Crippen LogP contribution in [0.4, 0.5) is 0 Å². The summed E-state index contributed by atoms with van der Waals surface area (Å²) in [6, 6.07) is 2.90. The third-order valence-corrected chi connectivity index (χ3v) is 6.38. The third kappa shape index (κ3) is 4.55. The fourth-order valence-electron chi connectivity index (χ4n) is 2.99. The molecule has 25 heavy (non-hydrogen) atoms. The zero-order valence-corrected chi connectivity index (χ0v) is 15.0. The highest BCUT2D eigenvalue weighted by molar-refractivity contribution is 7.89. The summed E-state index contributed by atoms with van der Waals surface area (Å²) in [6.45, 7) is -0.366. The Hall–Kier alpha value is -2.00. The van der Waals surface area contributed by atoms with E-state index in [9.17, 15) is 23.1 Å². The number of aliphatic carboxylic acids is 1. The molecule has 0 radical (unpaired) electrons. The first kappa shape index (κ1) is 19.3. The number of sulfonamides is 1. The van der Waals surface area contributed by atoms with E-state index in [-0.39, 0.29) is 18.0 Å². The van der Waals surface area contributed by atoms with E-state index < -0.39 is 27.3 Å². The number of pyridine rings is 1. The molecule has 8 nitrogen and oxygen atoms in total. The molecule has 0 saturated heterocycles. The van der Waals surface area contributed by atoms with Crippen molar-refractivity contribution in [3.63, 3.8) is 0 Å². The number of aromatic nitrogens is 1. The van der Waals surface area contributed by atoms with Crippen LogP contribution in [-0.2, 0) is 19.6 Å². The van der Waals surface area contributed by atoms with E-state index >= 15 is 0 Å². The van der Waals surface area contributed by atoms with Crippen LogP contribution < -0.4 is 5.32 Å². The maximum absolute atomic E-state index is 12.4. The Morgan fingerprint density at radius 1 is 1.32 bits per heavy atom. The van der Waals surface area contributed by atoms with Gasteiger partial charge in [-0.25, -0.2) is 8.42 Å². The highest BCUT2D eigenvalue weighted by Crippen LogP contribution is 2.36. The van der Waals surface area contributed by atoms with Crippen LogP contribution in [0.25, 0.3) is 0 Å². The SMILES string of the molecule is CN(CC(=O)NCC1(C(=O)O)CCCCC1)S(=O)(=O)c1cccnc1. The van der Waals surface area contributed by atoms with Crippen molar-refractivity contribution in [3.05, 3.63) is 24.5 Å². The third-order valence-electron chi connectivity index (χ3n) is 4.60. The molecule has 0 aromatic carbocycles. The molecular formula is C16H23N3O5S. The number of carboxylic acids is 1. The van der Waals surface area contributed by atoms with Crippen LogP contribution >= 0.6 is 0 Å². The maximum Gasteiger partial charge on any atom is 0.311 e. The second-order valence-electron chi connectivity index (χ2n) is 6.37. The first-order chi connectivity index (χ1) is 11.8. The van der Waals surface area contributed by atoms with E-state index in [0.717, 1.165) is 23.6 Å². The van der Waals surface area contributed by atoms with Crippen LogP contribution in [0.15, 0.2) is 29.4 Å². The first-order valence-corrected chi connectivity index (χ1v) is 9.58. The van der Waals surface area contributed by atoms with Gasteiger partial charge in [0.15, 0.2) is 0 Å². The van der Waals surface area contributed by atoms with Crippen molar-refractivity contribution in [1.82, 2.24) is 14.6 Å². The monoisotopic (exact) mass is 369 g/mol. The quantitative estimate of drug-likeness (QED) is 0.736. The summed E-state index contributed by atoms with van der Waals surface area (Å²) >= 11 is 0. The Balaban J connectivity index is 1.96. The number of carbonyl (C=O) groups excluding carboxylic acids is 1. The lowest BCUT2D eigenvalue weighted by Gasteiger charge is -2.33. The van der Waals surface area contributed by atoms with Gasteiger partial charge < -0.3 is 10.4 Å². The summed E-state index contributed by atoms with van der Waals surface area (Å²) in [4.78, 5) is 27.5. The van der Waals surface area contributed by atoms with Crippen molar-refractivity contribution in [2.45, 2.75) is 37.0 Å². The van der Waals surface area contributed by atoms with E-state index in [4.69, 9.17) is 0 Å². The molecule has 1 aromatic rings. The normalized spacial score (nSPS) is 17.2. The van der Waals surface area contributed by atoms with Crippen LogP contribution in [0.3, 0.4) is 0 Å². The van der Waals surface area contributed by atoms with Crippen molar-refractivity contribution >= 4 is 21.9 Å². The Bertz CT molecular complexity index is 715. The molecule has 1 heterocycles. The standard InChI is InChI=1S/C16H23N3O5S/c1-19(25(23,24)13-6-5-9-17-10-13)11-14(20)18-12-16(15(21)22)7-3-2-4-8-16/h5-6,9-10H,2-4,7-8,11-12H2,1H3,(H,18,20)(H,21,22). The average Bonchev–Trinajstić information content (AvgIpc) is 2.61. The van der Waals surface area contributed by atoms with Crippen LogP contribution in [0, 0.1) is 5.41 Å². The number of hydrogen-bond acceptors (Lipinski definition) is 5. The smallest absolute Gasteiger partial charge is 0.311 e. The van der Waals surface area contributed by atoms with Crippen LogP contribution in [0.2, 0.25) is 0 Å². The summed E-state index contributed by atoms with van der Waals surface area (Å²) in [6.07, 6.45) is 6.34. The molecule has 1 aliphatic rings. The number of nitrogens with zero attached hydrogens (tertiary/aromatic N) is 2. The van der Waals surface area contributed by atoms with E-state index in [0.29, 0.717) is 12.8 Å². The summed E-state index contributed by atoms with van der Waals surface area (Å²) in [7, 11) is -2.51. The fraction of sp³-hybridized carbons (Fsp3) is 0.562. The Labute approximate surface area is 147 Å². The maximum atomic E-state index is 12.4. The molecule has 138 valence electrons. The molecule has 2 rings (SSSR count). The Kier molecular flexibility index (Phi) is 6.12. The van der Waals surface area contributed by atoms with Gasteiger partial charge in [0.25, 0.3) is 0 Å². The van der Waals surface area contributed by atoms with E-state index in [1.807, 2.05) is 0 Å². The van der Waals surface area contributed by atoms with E-state index in [1.54, 1.807) is 0 Å². The second-order valence-corrected chi connectivity index (χ2v) is 8.42. The lowest BCUT2D eigenvalue weighted by molar-refractivity contribution is -0.151. The average molecular weight is 369 g/mol. The molecule has 0 spiro atoms. The molecule has 2 N–H and O–H groups in total. The number of hydrogen-bond donors (Lipinski definition) is 2. The highest BCUT2D eigenvalue weighted by Gasteiger charge is 2.39. The van der Waals surface area contributed by atoms with Crippen molar-refractivity contribution in [3.8, 4) is 0 Å². The summed E-state index contributed by atoms with van der Waals surface area (Å²) in [5, 5.41) is 12.1. The van der Waals surface area contributed by atoms with Gasteiger partial charge >= 0.3 is 5.97 Å². The molecule has 1 fully saturated rings. The van der Waals surface area contributed by atoms with Crippen molar-refractivity contribution in [2.75, 3.05) is 20.1 Å². The number of carbonyl (C=O) groups is 2. The number of carboxylic acid groups (broad SMARTS) is 1. The van der Waals surface area contributed by atoms with Gasteiger partial charge in [-0.3, -0.25) is 14.6 Å². The van der Waals surface area contributed by atoms with Gasteiger partial charge in [-0.1, -0.05) is 19.3 Å². The minimum atomic E-state index is -3.82. The predicted octanol–water partition coefficient (Wildman–Crippen LogP) is 0.853. The molecule has 9 heteroatoms. The lowest BCUT2D eigenvalue weighted by Crippen LogP contribution is -2.47. The summed E-state index contributed by atoms with van der Waals surface area (Å²) in [5.41, 5.74) is -0.950. The van der Waals surface area contributed by atoms with Gasteiger partial charge in [0.1, 0.15) is 4.90 Å². The molecule has 0 unspecified atom stereocenters. The van der Waals surface area contributed by atoms with Gasteiger partial charge in [-0.15, -0.1) is 0 Å². The number of likely N-dealkylation sites (N-methyl/N-ethyl adjacent to an activating group) is 1. The van der Waals surface area contributed by atoms with Gasteiger partial charge in [-0.2, -0.15) is 4.31 Å². The van der Waals surface area contributed by atoms with Crippen molar-refractivity contribution < 1.29 is 23.1 Å². The molecule has 1 aromatic heterocycles. The van der Waals surface area contributed by atoms with Crippen LogP contribution in [-0.4, -0.2) is 54.8 Å². The zero-order valence-electron chi connectivity index (χ0n) is 14.1. The molecule has 0 bridgehead atoms. The van der Waals surface area contributed by atoms with Gasteiger partial charge in [0.05, 0.1) is 12.0 Å². The summed E-state index contributed by atoms with van der Waals surface area (Å²) < 4.78 is 25.6. The molecule has 1 aliphatic carbocycles. The van der Waals surface area contributed by atoms with E-state index in [1.165, 1.54) is 31.6 Å². The van der Waals surface area contributed by atoms with Gasteiger partial charge in [0.2, 0.25) is 15.9 Å². The van der Waals surface area contributed by atoms with Crippen LogP contribution in [0.1, 0.15) is 32.1 Å². The topological polar surface area (TPSA) is 117 Å². The van der Waals surface area contributed by atoms with Gasteiger partial charge in [0, 0.05) is 26.0 Å². The van der Waals surface area contributed by atoms with Gasteiger partial charge in [-0.05, 0) is 25.0 Å². The van der Waals surface area contributed by atoms with E-state index in [2.05, 4.69) is 10.3 Å². The largest absolute Gasteiger partial charge is 0.481 e. The minimum Gasteiger partial charge on any atom is -0.481 e. The molecule has 1 saturated carbocycles. The molecule has 0 atom stereocenters. The van der Waals surface area contributed by atoms with Crippen LogP contribution in [0.5, 0.6) is 0 Å². The minimum absolute atomic E-state index is 0.000383. The second kappa shape index (κ2) is 7.92. The molecule has 1 amide bonds. The summed E-state index contributed by atoms with van der Waals surface area (Å²) in [5.74, 6) is -1.44. The lowest BCUT2D eigenvalue weighted by atomic mass is 9.74. The molecule has 0 aliphatic heterocycles. The number of amides is 1. The predicted molar refractivity (Wildman–Crippen MR) is 90.2 cm³/mol. The fourth-order valence-corrected chi connectivity index (χ4v) is 4.08. The number of rotatable bonds is 7. The Morgan fingerprint density at radius 3 is 2.56 bits per heavy atom. The Morgan fingerprint density at radius 2 is 2.00 bits per heavy atom. The zero-order chi connectivity index (χ0) is 18.5.